The van der Waals surface area contributed by atoms with Gasteiger partial charge in [0, 0.05) is 6.04 Å². The fraction of sp³-hybridized carbons (Fsp3) is 0.538. The molecule has 0 saturated carbocycles. The van der Waals surface area contributed by atoms with Crippen molar-refractivity contribution in [3.05, 3.63) is 35.9 Å². The van der Waals surface area contributed by atoms with Crippen LogP contribution >= 0.6 is 0 Å². The smallest absolute Gasteiger partial charge is 0.211 e. The van der Waals surface area contributed by atoms with Crippen molar-refractivity contribution in [1.82, 2.24) is 4.72 Å². The topological polar surface area (TPSA) is 66.4 Å². The zero-order valence-electron chi connectivity index (χ0n) is 10.8. The van der Waals surface area contributed by atoms with E-state index in [0.717, 1.165) is 5.56 Å². The highest BCUT2D eigenvalue weighted by Gasteiger charge is 2.20. The Balaban J connectivity index is 2.54. The summed E-state index contributed by atoms with van der Waals surface area (Å²) >= 11 is 0. The summed E-state index contributed by atoms with van der Waals surface area (Å²) in [5, 5.41) is 9.98. The maximum atomic E-state index is 11.6. The molecule has 0 fully saturated rings. The zero-order chi connectivity index (χ0) is 13.6. The van der Waals surface area contributed by atoms with Gasteiger partial charge >= 0.3 is 0 Å². The molecule has 0 spiro atoms. The van der Waals surface area contributed by atoms with E-state index in [-0.39, 0.29) is 5.75 Å². The number of sulfonamides is 1. The Morgan fingerprint density at radius 3 is 2.44 bits per heavy atom. The molecule has 5 heteroatoms. The van der Waals surface area contributed by atoms with Crippen LogP contribution in [0.1, 0.15) is 25.8 Å². The van der Waals surface area contributed by atoms with E-state index in [0.29, 0.717) is 12.8 Å². The average molecular weight is 271 g/mol. The van der Waals surface area contributed by atoms with Crippen LogP contribution in [0.4, 0.5) is 0 Å². The molecule has 18 heavy (non-hydrogen) atoms. The van der Waals surface area contributed by atoms with Crippen molar-refractivity contribution in [2.75, 3.05) is 5.75 Å². The molecule has 2 atom stereocenters. The number of rotatable bonds is 7. The monoisotopic (exact) mass is 271 g/mol. The molecule has 0 aliphatic carbocycles. The molecule has 0 aromatic heterocycles. The summed E-state index contributed by atoms with van der Waals surface area (Å²) in [5.41, 5.74) is 0.992. The molecule has 4 nitrogen and oxygen atoms in total. The molecule has 102 valence electrons. The van der Waals surface area contributed by atoms with Crippen LogP contribution in [0.2, 0.25) is 0 Å². The van der Waals surface area contributed by atoms with Gasteiger partial charge in [-0.3, -0.25) is 0 Å². The second kappa shape index (κ2) is 6.87. The molecule has 0 aliphatic heterocycles. The summed E-state index contributed by atoms with van der Waals surface area (Å²) in [6.07, 6.45) is 0.284. The third kappa shape index (κ3) is 5.16. The zero-order valence-corrected chi connectivity index (χ0v) is 11.7. The van der Waals surface area contributed by atoms with Crippen molar-refractivity contribution in [2.45, 2.75) is 38.8 Å². The molecule has 0 amide bonds. The van der Waals surface area contributed by atoms with E-state index in [1.807, 2.05) is 37.3 Å². The van der Waals surface area contributed by atoms with Crippen LogP contribution in [0, 0.1) is 0 Å². The van der Waals surface area contributed by atoms with Gasteiger partial charge in [-0.15, -0.1) is 0 Å². The van der Waals surface area contributed by atoms with E-state index in [1.54, 1.807) is 6.92 Å². The molecular formula is C13H21NO3S. The van der Waals surface area contributed by atoms with Crippen molar-refractivity contribution >= 4 is 10.0 Å². The Labute approximate surface area is 109 Å². The van der Waals surface area contributed by atoms with Gasteiger partial charge in [-0.25, -0.2) is 13.1 Å². The van der Waals surface area contributed by atoms with E-state index < -0.39 is 22.2 Å². The maximum Gasteiger partial charge on any atom is 0.211 e. The molecule has 0 bridgehead atoms. The van der Waals surface area contributed by atoms with Crippen molar-refractivity contribution in [3.63, 3.8) is 0 Å². The van der Waals surface area contributed by atoms with Gasteiger partial charge in [0.1, 0.15) is 0 Å². The van der Waals surface area contributed by atoms with Crippen LogP contribution in [-0.4, -0.2) is 31.4 Å². The normalized spacial score (nSPS) is 15.3. The van der Waals surface area contributed by atoms with Gasteiger partial charge in [0.25, 0.3) is 0 Å². The predicted molar refractivity (Wildman–Crippen MR) is 72.8 cm³/mol. The first-order valence-electron chi connectivity index (χ1n) is 6.16. The van der Waals surface area contributed by atoms with Gasteiger partial charge in [-0.2, -0.15) is 0 Å². The number of hydrogen-bond donors (Lipinski definition) is 2. The van der Waals surface area contributed by atoms with Crippen molar-refractivity contribution in [2.24, 2.45) is 0 Å². The van der Waals surface area contributed by atoms with E-state index in [2.05, 4.69) is 4.72 Å². The number of hydrogen-bond acceptors (Lipinski definition) is 3. The first-order chi connectivity index (χ1) is 8.44. The minimum atomic E-state index is -3.28. The van der Waals surface area contributed by atoms with Crippen LogP contribution < -0.4 is 4.72 Å². The SMILES string of the molecule is CCCS(=O)(=O)NC(C)C(O)Cc1ccccc1. The van der Waals surface area contributed by atoms with Gasteiger partial charge in [0.15, 0.2) is 0 Å². The van der Waals surface area contributed by atoms with Crippen molar-refractivity contribution in [3.8, 4) is 0 Å². The minimum absolute atomic E-state index is 0.0927. The molecule has 0 saturated heterocycles. The van der Waals surface area contributed by atoms with Gasteiger partial charge in [0.05, 0.1) is 11.9 Å². The largest absolute Gasteiger partial charge is 0.391 e. The lowest BCUT2D eigenvalue weighted by Crippen LogP contribution is -2.42. The van der Waals surface area contributed by atoms with Crippen molar-refractivity contribution in [1.29, 1.82) is 0 Å². The van der Waals surface area contributed by atoms with Crippen LogP contribution in [0.25, 0.3) is 0 Å². The van der Waals surface area contributed by atoms with Crippen LogP contribution in [0.5, 0.6) is 0 Å². The second-order valence-electron chi connectivity index (χ2n) is 4.48. The van der Waals surface area contributed by atoms with E-state index in [9.17, 15) is 13.5 Å². The first kappa shape index (κ1) is 15.1. The molecule has 0 radical (unpaired) electrons. The highest BCUT2D eigenvalue weighted by molar-refractivity contribution is 7.89. The predicted octanol–water partition coefficient (Wildman–Crippen LogP) is 1.31. The second-order valence-corrected chi connectivity index (χ2v) is 6.36. The average Bonchev–Trinajstić information content (AvgIpc) is 2.29. The molecule has 0 aliphatic rings. The summed E-state index contributed by atoms with van der Waals surface area (Å²) in [7, 11) is -3.28. The van der Waals surface area contributed by atoms with E-state index in [4.69, 9.17) is 0 Å². The number of benzene rings is 1. The summed E-state index contributed by atoms with van der Waals surface area (Å²) in [6.45, 7) is 3.49. The van der Waals surface area contributed by atoms with Crippen molar-refractivity contribution < 1.29 is 13.5 Å². The molecular weight excluding hydrogens is 250 g/mol. The third-order valence-corrected chi connectivity index (χ3v) is 4.38. The maximum absolute atomic E-state index is 11.6. The number of aliphatic hydroxyl groups excluding tert-OH is 1. The molecule has 0 heterocycles. The standard InChI is InChI=1S/C13H21NO3S/c1-3-9-18(16,17)14-11(2)13(15)10-12-7-5-4-6-8-12/h4-8,11,13-15H,3,9-10H2,1-2H3. The molecule has 1 rings (SSSR count). The Morgan fingerprint density at radius 1 is 1.28 bits per heavy atom. The fourth-order valence-electron chi connectivity index (χ4n) is 1.72. The summed E-state index contributed by atoms with van der Waals surface area (Å²) in [5.74, 6) is 0.0927. The number of nitrogens with one attached hydrogen (secondary N) is 1. The molecule has 1 aromatic carbocycles. The van der Waals surface area contributed by atoms with E-state index in [1.165, 1.54) is 0 Å². The summed E-state index contributed by atoms with van der Waals surface area (Å²) in [6, 6.07) is 9.04. The van der Waals surface area contributed by atoms with E-state index >= 15 is 0 Å². The highest BCUT2D eigenvalue weighted by atomic mass is 32.2. The van der Waals surface area contributed by atoms with Gasteiger partial charge in [0.2, 0.25) is 10.0 Å². The highest BCUT2D eigenvalue weighted by Crippen LogP contribution is 2.07. The first-order valence-corrected chi connectivity index (χ1v) is 7.82. The molecule has 2 N–H and O–H groups in total. The Bertz CT molecular complexity index is 445. The molecule has 2 unspecified atom stereocenters. The van der Waals surface area contributed by atoms with Gasteiger partial charge < -0.3 is 5.11 Å². The Morgan fingerprint density at radius 2 is 1.89 bits per heavy atom. The summed E-state index contributed by atoms with van der Waals surface area (Å²) < 4.78 is 25.7. The van der Waals surface area contributed by atoms with Gasteiger partial charge in [-0.1, -0.05) is 37.3 Å². The molecule has 1 aromatic rings. The van der Waals surface area contributed by atoms with Crippen LogP contribution in [0.3, 0.4) is 0 Å². The third-order valence-electron chi connectivity index (χ3n) is 2.70. The minimum Gasteiger partial charge on any atom is -0.391 e. The quantitative estimate of drug-likeness (QED) is 0.785. The lowest BCUT2D eigenvalue weighted by Gasteiger charge is -2.20. The Kier molecular flexibility index (Phi) is 5.78. The Hall–Kier alpha value is -0.910. The van der Waals surface area contributed by atoms with Crippen LogP contribution in [-0.2, 0) is 16.4 Å². The summed E-state index contributed by atoms with van der Waals surface area (Å²) in [4.78, 5) is 0. The lowest BCUT2D eigenvalue weighted by molar-refractivity contribution is 0.144. The number of aliphatic hydroxyl groups is 1. The lowest BCUT2D eigenvalue weighted by atomic mass is 10.0. The van der Waals surface area contributed by atoms with Gasteiger partial charge in [-0.05, 0) is 25.3 Å². The fourth-order valence-corrected chi connectivity index (χ4v) is 3.10. The van der Waals surface area contributed by atoms with Crippen LogP contribution in [0.15, 0.2) is 30.3 Å².